The molecule has 0 amide bonds. The first-order valence-electron chi connectivity index (χ1n) is 5.55. The van der Waals surface area contributed by atoms with Crippen molar-refractivity contribution in [2.24, 2.45) is 5.73 Å². The lowest BCUT2D eigenvalue weighted by molar-refractivity contribution is 0.302. The van der Waals surface area contributed by atoms with Crippen LogP contribution >= 0.6 is 12.2 Å². The van der Waals surface area contributed by atoms with Gasteiger partial charge in [-0.1, -0.05) is 19.1 Å². The van der Waals surface area contributed by atoms with Crippen molar-refractivity contribution in [3.8, 4) is 0 Å². The number of nitrogens with zero attached hydrogens (tertiary/aromatic N) is 1. The van der Waals surface area contributed by atoms with Crippen molar-refractivity contribution < 1.29 is 9.50 Å². The molecule has 0 aliphatic carbocycles. The van der Waals surface area contributed by atoms with Crippen LogP contribution in [0.4, 0.5) is 10.1 Å². The monoisotopic (exact) mass is 256 g/mol. The summed E-state index contributed by atoms with van der Waals surface area (Å²) in [6, 6.07) is 4.75. The fourth-order valence-electron chi connectivity index (χ4n) is 1.66. The average molecular weight is 256 g/mol. The molecule has 1 aromatic carbocycles. The van der Waals surface area contributed by atoms with Gasteiger partial charge in [-0.15, -0.1) is 0 Å². The van der Waals surface area contributed by atoms with Crippen molar-refractivity contribution >= 4 is 22.9 Å². The molecule has 0 radical (unpaired) electrons. The van der Waals surface area contributed by atoms with E-state index in [0.717, 1.165) is 18.7 Å². The molecule has 1 rings (SSSR count). The summed E-state index contributed by atoms with van der Waals surface area (Å²) >= 11 is 4.75. The number of hydrogen-bond donors (Lipinski definition) is 2. The smallest absolute Gasteiger partial charge is 0.135 e. The van der Waals surface area contributed by atoms with Gasteiger partial charge in [0.05, 0.1) is 6.61 Å². The standard InChI is InChI=1S/C12H17FN2OS/c1-2-5-15(6-7-16)9-3-4-10(12(14)17)11(13)8-9/h3-4,8,16H,2,5-7H2,1H3,(H2,14,17). The van der Waals surface area contributed by atoms with E-state index in [4.69, 9.17) is 23.1 Å². The van der Waals surface area contributed by atoms with Gasteiger partial charge in [-0.3, -0.25) is 0 Å². The summed E-state index contributed by atoms with van der Waals surface area (Å²) < 4.78 is 13.7. The molecule has 0 aliphatic heterocycles. The lowest BCUT2D eigenvalue weighted by Gasteiger charge is -2.23. The van der Waals surface area contributed by atoms with Gasteiger partial charge in [-0.2, -0.15) is 0 Å². The molecule has 0 aliphatic rings. The van der Waals surface area contributed by atoms with Gasteiger partial charge in [0, 0.05) is 24.3 Å². The molecule has 0 fully saturated rings. The van der Waals surface area contributed by atoms with Gasteiger partial charge in [0.2, 0.25) is 0 Å². The molecule has 0 saturated heterocycles. The van der Waals surface area contributed by atoms with E-state index in [1.54, 1.807) is 12.1 Å². The summed E-state index contributed by atoms with van der Waals surface area (Å²) in [6.07, 6.45) is 0.929. The Labute approximate surface area is 106 Å². The first-order valence-corrected chi connectivity index (χ1v) is 5.96. The maximum Gasteiger partial charge on any atom is 0.135 e. The Morgan fingerprint density at radius 2 is 2.18 bits per heavy atom. The van der Waals surface area contributed by atoms with Gasteiger partial charge in [0.25, 0.3) is 0 Å². The molecule has 3 N–H and O–H groups in total. The Hall–Kier alpha value is -1.20. The Morgan fingerprint density at radius 1 is 1.47 bits per heavy atom. The Bertz CT molecular complexity index is 392. The molecule has 5 heteroatoms. The maximum absolute atomic E-state index is 13.7. The fraction of sp³-hybridized carbons (Fsp3) is 0.417. The van der Waals surface area contributed by atoms with Gasteiger partial charge in [-0.05, 0) is 24.6 Å². The van der Waals surface area contributed by atoms with Crippen LogP contribution in [0.2, 0.25) is 0 Å². The van der Waals surface area contributed by atoms with E-state index in [0.29, 0.717) is 6.54 Å². The Balaban J connectivity index is 2.97. The van der Waals surface area contributed by atoms with Crippen LogP contribution in [-0.2, 0) is 0 Å². The summed E-state index contributed by atoms with van der Waals surface area (Å²) in [7, 11) is 0. The zero-order valence-corrected chi connectivity index (χ0v) is 10.6. The third kappa shape index (κ3) is 3.64. The average Bonchev–Trinajstić information content (AvgIpc) is 2.28. The molecular weight excluding hydrogens is 239 g/mol. The van der Waals surface area contributed by atoms with Crippen LogP contribution in [-0.4, -0.2) is 29.8 Å². The SMILES string of the molecule is CCCN(CCO)c1ccc(C(N)=S)c(F)c1. The summed E-state index contributed by atoms with van der Waals surface area (Å²) in [4.78, 5) is 1.98. The molecule has 0 saturated carbocycles. The molecule has 17 heavy (non-hydrogen) atoms. The van der Waals surface area contributed by atoms with Crippen LogP contribution in [0.25, 0.3) is 0 Å². The zero-order chi connectivity index (χ0) is 12.8. The number of rotatable bonds is 6. The van der Waals surface area contributed by atoms with Crippen molar-refractivity contribution in [2.45, 2.75) is 13.3 Å². The highest BCUT2D eigenvalue weighted by atomic mass is 32.1. The molecule has 0 heterocycles. The van der Waals surface area contributed by atoms with Crippen LogP contribution in [0.1, 0.15) is 18.9 Å². The van der Waals surface area contributed by atoms with Crippen molar-refractivity contribution in [2.75, 3.05) is 24.6 Å². The summed E-state index contributed by atoms with van der Waals surface area (Å²) in [6.45, 7) is 3.33. The topological polar surface area (TPSA) is 49.5 Å². The van der Waals surface area contributed by atoms with Crippen LogP contribution in [0, 0.1) is 5.82 Å². The molecule has 0 unspecified atom stereocenters. The van der Waals surface area contributed by atoms with Gasteiger partial charge in [-0.25, -0.2) is 4.39 Å². The quantitative estimate of drug-likeness (QED) is 0.760. The van der Waals surface area contributed by atoms with E-state index < -0.39 is 5.82 Å². The molecule has 1 aromatic rings. The van der Waals surface area contributed by atoms with Gasteiger partial charge >= 0.3 is 0 Å². The second kappa shape index (κ2) is 6.51. The molecule has 94 valence electrons. The summed E-state index contributed by atoms with van der Waals surface area (Å²) in [5.74, 6) is -0.422. The highest BCUT2D eigenvalue weighted by Gasteiger charge is 2.10. The predicted molar refractivity (Wildman–Crippen MR) is 71.9 cm³/mol. The zero-order valence-electron chi connectivity index (χ0n) is 9.82. The maximum atomic E-state index is 13.7. The van der Waals surface area contributed by atoms with E-state index in [-0.39, 0.29) is 17.2 Å². The second-order valence-electron chi connectivity index (χ2n) is 3.74. The van der Waals surface area contributed by atoms with Crippen LogP contribution in [0.5, 0.6) is 0 Å². The van der Waals surface area contributed by atoms with E-state index in [9.17, 15) is 4.39 Å². The largest absolute Gasteiger partial charge is 0.395 e. The predicted octanol–water partition coefficient (Wildman–Crippen LogP) is 1.67. The molecule has 0 bridgehead atoms. The number of halogens is 1. The number of benzene rings is 1. The minimum Gasteiger partial charge on any atom is -0.395 e. The highest BCUT2D eigenvalue weighted by Crippen LogP contribution is 2.19. The van der Waals surface area contributed by atoms with Gasteiger partial charge < -0.3 is 15.7 Å². The van der Waals surface area contributed by atoms with Gasteiger partial charge in [0.15, 0.2) is 0 Å². The number of hydrogen-bond acceptors (Lipinski definition) is 3. The van der Waals surface area contributed by atoms with E-state index in [1.165, 1.54) is 6.07 Å². The van der Waals surface area contributed by atoms with Crippen LogP contribution in [0.3, 0.4) is 0 Å². The first-order chi connectivity index (χ1) is 8.10. The number of nitrogens with two attached hydrogens (primary N) is 1. The van der Waals surface area contributed by atoms with Crippen molar-refractivity contribution in [3.63, 3.8) is 0 Å². The third-order valence-corrected chi connectivity index (χ3v) is 2.67. The molecule has 0 atom stereocenters. The Kier molecular flexibility index (Phi) is 5.31. The number of aliphatic hydroxyl groups excluding tert-OH is 1. The number of anilines is 1. The highest BCUT2D eigenvalue weighted by molar-refractivity contribution is 7.80. The van der Waals surface area contributed by atoms with Crippen LogP contribution < -0.4 is 10.6 Å². The summed E-state index contributed by atoms with van der Waals surface area (Å²) in [5, 5.41) is 8.96. The Morgan fingerprint density at radius 3 is 2.65 bits per heavy atom. The molecular formula is C12H17FN2OS. The van der Waals surface area contributed by atoms with E-state index in [1.807, 2.05) is 11.8 Å². The summed E-state index contributed by atoms with van der Waals surface area (Å²) in [5.41, 5.74) is 6.38. The molecule has 0 spiro atoms. The number of aliphatic hydroxyl groups is 1. The minimum atomic E-state index is -0.422. The third-order valence-electron chi connectivity index (χ3n) is 2.45. The fourth-order valence-corrected chi connectivity index (χ4v) is 1.83. The lowest BCUT2D eigenvalue weighted by atomic mass is 10.1. The van der Waals surface area contributed by atoms with E-state index >= 15 is 0 Å². The van der Waals surface area contributed by atoms with Crippen LogP contribution in [0.15, 0.2) is 18.2 Å². The normalized spacial score (nSPS) is 10.3. The van der Waals surface area contributed by atoms with Crippen molar-refractivity contribution in [3.05, 3.63) is 29.6 Å². The minimum absolute atomic E-state index is 0.0403. The number of thiocarbonyl (C=S) groups is 1. The van der Waals surface area contributed by atoms with E-state index in [2.05, 4.69) is 0 Å². The first kappa shape index (κ1) is 13.9. The molecule has 0 aromatic heterocycles. The van der Waals surface area contributed by atoms with Crippen molar-refractivity contribution in [1.29, 1.82) is 0 Å². The molecule has 3 nitrogen and oxygen atoms in total. The van der Waals surface area contributed by atoms with Gasteiger partial charge in [0.1, 0.15) is 10.8 Å². The van der Waals surface area contributed by atoms with Crippen molar-refractivity contribution in [1.82, 2.24) is 0 Å². The second-order valence-corrected chi connectivity index (χ2v) is 4.18. The lowest BCUT2D eigenvalue weighted by Crippen LogP contribution is -2.27.